The van der Waals surface area contributed by atoms with Gasteiger partial charge in [-0.3, -0.25) is 0 Å². The predicted octanol–water partition coefficient (Wildman–Crippen LogP) is 4.03. The maximum atomic E-state index is 13.9. The lowest BCUT2D eigenvalue weighted by Gasteiger charge is -2.19. The highest BCUT2D eigenvalue weighted by atomic mass is 32.2. The minimum absolute atomic E-state index is 0.0459. The highest BCUT2D eigenvalue weighted by Gasteiger charge is 2.27. The summed E-state index contributed by atoms with van der Waals surface area (Å²) in [6.45, 7) is 6.64. The van der Waals surface area contributed by atoms with Crippen molar-refractivity contribution in [1.82, 2.24) is 0 Å². The van der Waals surface area contributed by atoms with Crippen LogP contribution in [-0.2, 0) is 11.4 Å². The molecule has 2 nitrogen and oxygen atoms in total. The van der Waals surface area contributed by atoms with Crippen LogP contribution in [0.3, 0.4) is 0 Å². The van der Waals surface area contributed by atoms with Gasteiger partial charge in [-0.05, 0) is 27.7 Å². The Morgan fingerprint density at radius 3 is 2.37 bits per heavy atom. The molecule has 6 heteroatoms. The van der Waals surface area contributed by atoms with Crippen LogP contribution in [0.15, 0.2) is 22.6 Å². The van der Waals surface area contributed by atoms with Crippen molar-refractivity contribution in [1.29, 1.82) is 0 Å². The number of benzene rings is 1. The molecule has 0 spiro atoms. The molecule has 0 bridgehead atoms. The van der Waals surface area contributed by atoms with Gasteiger partial charge in [0.25, 0.3) is 6.43 Å². The Morgan fingerprint density at radius 1 is 1.32 bits per heavy atom. The van der Waals surface area contributed by atoms with Crippen molar-refractivity contribution in [3.63, 3.8) is 0 Å². The van der Waals surface area contributed by atoms with E-state index in [1.165, 1.54) is 19.1 Å². The summed E-state index contributed by atoms with van der Waals surface area (Å²) >= 11 is -1.56. The number of halogens is 3. The molecule has 1 atom stereocenters. The Balaban J connectivity index is 3.17. The van der Waals surface area contributed by atoms with Gasteiger partial charge in [0.05, 0.1) is 11.3 Å². The summed E-state index contributed by atoms with van der Waals surface area (Å²) in [5.41, 5.74) is -0.572. The van der Waals surface area contributed by atoms with Crippen molar-refractivity contribution in [3.8, 4) is 0 Å². The number of hydrogen-bond donors (Lipinski definition) is 0. The monoisotopic (exact) mass is 291 g/mol. The molecular formula is C13H16F3NOS. The molecule has 1 rings (SSSR count). The molecule has 0 aromatic heterocycles. The molecule has 1 aromatic rings. The first-order chi connectivity index (χ1) is 8.64. The summed E-state index contributed by atoms with van der Waals surface area (Å²) in [4.78, 5) is 0. The molecule has 19 heavy (non-hydrogen) atoms. The fourth-order valence-corrected chi connectivity index (χ4v) is 1.93. The van der Waals surface area contributed by atoms with Gasteiger partial charge < -0.3 is 4.55 Å². The lowest BCUT2D eigenvalue weighted by molar-refractivity contribution is 0.146. The Morgan fingerprint density at radius 2 is 1.89 bits per heavy atom. The summed E-state index contributed by atoms with van der Waals surface area (Å²) in [5, 5.41) is 0. The largest absolute Gasteiger partial charge is 0.591 e. The summed E-state index contributed by atoms with van der Waals surface area (Å²) < 4.78 is 54.2. The van der Waals surface area contributed by atoms with Crippen molar-refractivity contribution in [2.45, 2.75) is 38.9 Å². The minimum atomic E-state index is -2.89. The van der Waals surface area contributed by atoms with Crippen LogP contribution < -0.4 is 0 Å². The van der Waals surface area contributed by atoms with E-state index in [0.717, 1.165) is 6.07 Å². The maximum absolute atomic E-state index is 13.9. The van der Waals surface area contributed by atoms with E-state index in [0.29, 0.717) is 0 Å². The van der Waals surface area contributed by atoms with E-state index in [1.54, 1.807) is 20.8 Å². The van der Waals surface area contributed by atoms with Gasteiger partial charge in [0, 0.05) is 5.56 Å². The molecule has 0 aliphatic heterocycles. The molecule has 0 saturated heterocycles. The molecule has 0 fully saturated rings. The van der Waals surface area contributed by atoms with Crippen molar-refractivity contribution in [3.05, 3.63) is 35.1 Å². The second kappa shape index (κ2) is 5.96. The molecular weight excluding hydrogens is 275 g/mol. The molecule has 0 N–H and O–H groups in total. The van der Waals surface area contributed by atoms with Crippen molar-refractivity contribution in [2.75, 3.05) is 0 Å². The highest BCUT2D eigenvalue weighted by molar-refractivity contribution is 7.91. The summed E-state index contributed by atoms with van der Waals surface area (Å²) in [7, 11) is 0. The Hall–Kier alpha value is -1.01. The van der Waals surface area contributed by atoms with Gasteiger partial charge in [0.1, 0.15) is 21.9 Å². The quantitative estimate of drug-likeness (QED) is 0.611. The zero-order valence-corrected chi connectivity index (χ0v) is 12.0. The van der Waals surface area contributed by atoms with E-state index < -0.39 is 33.9 Å². The van der Waals surface area contributed by atoms with Crippen LogP contribution in [0.2, 0.25) is 0 Å². The highest BCUT2D eigenvalue weighted by Crippen LogP contribution is 2.25. The van der Waals surface area contributed by atoms with Crippen molar-refractivity contribution < 1.29 is 17.7 Å². The SMILES string of the molecule is CC(=N[S@+]([O-])C(C)(C)C)c1cccc(C(F)F)c1F. The lowest BCUT2D eigenvalue weighted by atomic mass is 10.1. The number of nitrogens with zero attached hydrogens (tertiary/aromatic N) is 1. The molecule has 0 aliphatic rings. The van der Waals surface area contributed by atoms with Crippen LogP contribution >= 0.6 is 0 Å². The molecule has 0 saturated carbocycles. The van der Waals surface area contributed by atoms with E-state index >= 15 is 0 Å². The van der Waals surface area contributed by atoms with Crippen molar-refractivity contribution >= 4 is 17.1 Å². The third-order valence-electron chi connectivity index (χ3n) is 2.40. The average Bonchev–Trinajstić information content (AvgIpc) is 2.27. The third-order valence-corrected chi connectivity index (χ3v) is 3.88. The van der Waals surface area contributed by atoms with Gasteiger partial charge in [-0.25, -0.2) is 13.2 Å². The standard InChI is InChI=1S/C13H16F3NOS/c1-8(17-19(18)13(2,3)4)9-6-5-7-10(11(9)14)12(15)16/h5-7,12H,1-4H3/t19-/m1/s1. The first kappa shape index (κ1) is 16.0. The van der Waals surface area contributed by atoms with Gasteiger partial charge >= 0.3 is 0 Å². The second-order valence-corrected chi connectivity index (χ2v) is 6.95. The maximum Gasteiger partial charge on any atom is 0.266 e. The van der Waals surface area contributed by atoms with E-state index in [2.05, 4.69) is 4.40 Å². The van der Waals surface area contributed by atoms with E-state index in [1.807, 2.05) is 0 Å². The van der Waals surface area contributed by atoms with E-state index in [-0.39, 0.29) is 11.3 Å². The van der Waals surface area contributed by atoms with Gasteiger partial charge in [-0.1, -0.05) is 22.6 Å². The number of hydrogen-bond acceptors (Lipinski definition) is 2. The zero-order chi connectivity index (χ0) is 14.8. The first-order valence-corrected chi connectivity index (χ1v) is 6.79. The summed E-state index contributed by atoms with van der Waals surface area (Å²) in [6, 6.07) is 3.70. The summed E-state index contributed by atoms with van der Waals surface area (Å²) in [5.74, 6) is -1.01. The molecule has 106 valence electrons. The van der Waals surface area contributed by atoms with Gasteiger partial charge in [0.2, 0.25) is 0 Å². The minimum Gasteiger partial charge on any atom is -0.591 e. The van der Waals surface area contributed by atoms with E-state index in [4.69, 9.17) is 0 Å². The summed E-state index contributed by atoms with van der Waals surface area (Å²) in [6.07, 6.45) is -2.89. The van der Waals surface area contributed by atoms with Crippen LogP contribution in [0.1, 0.15) is 45.2 Å². The number of alkyl halides is 2. The molecule has 0 unspecified atom stereocenters. The number of rotatable bonds is 3. The Kier molecular flexibility index (Phi) is 5.04. The zero-order valence-electron chi connectivity index (χ0n) is 11.2. The van der Waals surface area contributed by atoms with Gasteiger partial charge in [-0.2, -0.15) is 0 Å². The second-order valence-electron chi connectivity index (χ2n) is 5.05. The molecule has 0 radical (unpaired) electrons. The lowest BCUT2D eigenvalue weighted by Crippen LogP contribution is -2.26. The molecule has 1 aromatic carbocycles. The molecule has 0 aliphatic carbocycles. The normalized spacial score (nSPS) is 14.9. The van der Waals surface area contributed by atoms with Crippen LogP contribution in [0.4, 0.5) is 13.2 Å². The Bertz CT molecular complexity index is 483. The van der Waals surface area contributed by atoms with E-state index in [9.17, 15) is 17.7 Å². The first-order valence-electron chi connectivity index (χ1n) is 5.69. The van der Waals surface area contributed by atoms with Crippen molar-refractivity contribution in [2.24, 2.45) is 4.40 Å². The third kappa shape index (κ3) is 3.98. The van der Waals surface area contributed by atoms with Gasteiger partial charge in [-0.15, -0.1) is 0 Å². The van der Waals surface area contributed by atoms with Crippen LogP contribution in [0, 0.1) is 5.82 Å². The molecule has 0 amide bonds. The topological polar surface area (TPSA) is 35.4 Å². The fourth-order valence-electron chi connectivity index (χ4n) is 1.31. The van der Waals surface area contributed by atoms with Crippen LogP contribution in [-0.4, -0.2) is 15.0 Å². The average molecular weight is 291 g/mol. The smallest absolute Gasteiger partial charge is 0.266 e. The fraction of sp³-hybridized carbons (Fsp3) is 0.462. The van der Waals surface area contributed by atoms with Crippen LogP contribution in [0.5, 0.6) is 0 Å². The van der Waals surface area contributed by atoms with Gasteiger partial charge in [0.15, 0.2) is 0 Å². The Labute approximate surface area is 114 Å². The predicted molar refractivity (Wildman–Crippen MR) is 71.5 cm³/mol. The van der Waals surface area contributed by atoms with Crippen LogP contribution in [0.25, 0.3) is 0 Å². The molecule has 0 heterocycles.